The molecule has 0 saturated heterocycles. The number of fused-ring (bicyclic) bond motifs is 1. The van der Waals surface area contributed by atoms with E-state index in [1.165, 1.54) is 0 Å². The average molecular weight is 240 g/mol. The molecule has 0 radical (unpaired) electrons. The lowest BCUT2D eigenvalue weighted by atomic mass is 10.0. The first-order valence-electron chi connectivity index (χ1n) is 5.26. The monoisotopic (exact) mass is 239 g/mol. The van der Waals surface area contributed by atoms with Crippen molar-refractivity contribution >= 4 is 23.2 Å². The summed E-state index contributed by atoms with van der Waals surface area (Å²) in [6.45, 7) is 6.09. The molecule has 1 aliphatic rings. The summed E-state index contributed by atoms with van der Waals surface area (Å²) in [5, 5.41) is 0.605. The number of carbonyl (C=O) groups excluding carboxylic acids is 1. The van der Waals surface area contributed by atoms with Crippen LogP contribution in [0.5, 0.6) is 5.75 Å². The molecule has 16 heavy (non-hydrogen) atoms. The van der Waals surface area contributed by atoms with Crippen LogP contribution in [0.2, 0.25) is 5.02 Å². The minimum Gasteiger partial charge on any atom is -0.476 e. The fraction of sp³-hybridized carbons (Fsp3) is 0.417. The van der Waals surface area contributed by atoms with E-state index in [9.17, 15) is 4.79 Å². The van der Waals surface area contributed by atoms with Gasteiger partial charge in [-0.05, 0) is 39.0 Å². The molecular weight excluding hydrogens is 226 g/mol. The van der Waals surface area contributed by atoms with Gasteiger partial charge in [-0.1, -0.05) is 11.6 Å². The molecule has 1 aromatic carbocycles. The van der Waals surface area contributed by atoms with Crippen LogP contribution < -0.4 is 9.64 Å². The summed E-state index contributed by atoms with van der Waals surface area (Å²) < 4.78 is 5.67. The molecule has 1 amide bonds. The predicted octanol–water partition coefficient (Wildman–Crippen LogP) is 2.86. The van der Waals surface area contributed by atoms with E-state index in [1.54, 1.807) is 36.9 Å². The number of likely N-dealkylation sites (N-methyl/N-ethyl adjacent to an activating group) is 1. The molecule has 0 bridgehead atoms. The van der Waals surface area contributed by atoms with Gasteiger partial charge in [0.05, 0.1) is 5.69 Å². The van der Waals surface area contributed by atoms with Crippen molar-refractivity contribution < 1.29 is 9.53 Å². The van der Waals surface area contributed by atoms with E-state index in [2.05, 4.69) is 0 Å². The Hall–Kier alpha value is -1.22. The summed E-state index contributed by atoms with van der Waals surface area (Å²) in [6.07, 6.45) is 0. The lowest BCUT2D eigenvalue weighted by molar-refractivity contribution is -0.132. The Morgan fingerprint density at radius 2 is 2.12 bits per heavy atom. The number of amides is 1. The lowest BCUT2D eigenvalue weighted by Gasteiger charge is -2.38. The van der Waals surface area contributed by atoms with Gasteiger partial charge in [-0.3, -0.25) is 4.79 Å². The first-order valence-corrected chi connectivity index (χ1v) is 5.64. The molecule has 0 N–H and O–H groups in total. The molecule has 0 aliphatic carbocycles. The highest BCUT2D eigenvalue weighted by Crippen LogP contribution is 2.38. The Kier molecular flexibility index (Phi) is 2.58. The van der Waals surface area contributed by atoms with Crippen molar-refractivity contribution in [1.82, 2.24) is 0 Å². The van der Waals surface area contributed by atoms with Gasteiger partial charge in [0.2, 0.25) is 0 Å². The SMILES string of the molecule is CCN1C(=O)C(C)(C)Oc2ccc(Cl)cc21. The number of hydrogen-bond donors (Lipinski definition) is 0. The fourth-order valence-electron chi connectivity index (χ4n) is 1.85. The standard InChI is InChI=1S/C12H14ClNO2/c1-4-14-9-7-8(13)5-6-10(9)16-12(2,3)11(14)15/h5-7H,4H2,1-3H3. The molecular formula is C12H14ClNO2. The minimum absolute atomic E-state index is 0.0373. The third-order valence-corrected chi connectivity index (χ3v) is 2.89. The number of benzene rings is 1. The molecule has 3 nitrogen and oxygen atoms in total. The summed E-state index contributed by atoms with van der Waals surface area (Å²) in [5.41, 5.74) is -0.0593. The summed E-state index contributed by atoms with van der Waals surface area (Å²) in [6, 6.07) is 5.32. The molecule has 2 rings (SSSR count). The van der Waals surface area contributed by atoms with E-state index in [-0.39, 0.29) is 5.91 Å². The average Bonchev–Trinajstić information content (AvgIpc) is 2.21. The molecule has 0 aromatic heterocycles. The highest BCUT2D eigenvalue weighted by Gasteiger charge is 2.40. The van der Waals surface area contributed by atoms with E-state index in [4.69, 9.17) is 16.3 Å². The number of ether oxygens (including phenoxy) is 1. The van der Waals surface area contributed by atoms with Crippen molar-refractivity contribution in [3.05, 3.63) is 23.2 Å². The topological polar surface area (TPSA) is 29.5 Å². The Morgan fingerprint density at radius 1 is 1.44 bits per heavy atom. The first kappa shape index (κ1) is 11.3. The first-order chi connectivity index (χ1) is 7.45. The van der Waals surface area contributed by atoms with Crippen molar-refractivity contribution in [2.75, 3.05) is 11.4 Å². The Balaban J connectivity index is 2.56. The van der Waals surface area contributed by atoms with Gasteiger partial charge in [0.1, 0.15) is 5.75 Å². The second-order valence-electron chi connectivity index (χ2n) is 4.27. The van der Waals surface area contributed by atoms with Crippen molar-refractivity contribution in [3.63, 3.8) is 0 Å². The smallest absolute Gasteiger partial charge is 0.270 e. The van der Waals surface area contributed by atoms with Gasteiger partial charge in [-0.25, -0.2) is 0 Å². The highest BCUT2D eigenvalue weighted by molar-refractivity contribution is 6.31. The molecule has 0 spiro atoms. The van der Waals surface area contributed by atoms with E-state index >= 15 is 0 Å². The second-order valence-corrected chi connectivity index (χ2v) is 4.71. The number of hydrogen-bond acceptors (Lipinski definition) is 2. The maximum absolute atomic E-state index is 12.1. The molecule has 1 aromatic rings. The molecule has 1 aliphatic heterocycles. The summed E-state index contributed by atoms with van der Waals surface area (Å²) in [5.74, 6) is 0.667. The zero-order valence-corrected chi connectivity index (χ0v) is 10.3. The molecule has 1 heterocycles. The van der Waals surface area contributed by atoms with Crippen LogP contribution in [-0.4, -0.2) is 18.1 Å². The van der Waals surface area contributed by atoms with Crippen LogP contribution in [0, 0.1) is 0 Å². The van der Waals surface area contributed by atoms with Crippen molar-refractivity contribution in [2.24, 2.45) is 0 Å². The van der Waals surface area contributed by atoms with Crippen LogP contribution in [-0.2, 0) is 4.79 Å². The van der Waals surface area contributed by atoms with Crippen molar-refractivity contribution in [2.45, 2.75) is 26.4 Å². The van der Waals surface area contributed by atoms with Crippen molar-refractivity contribution in [1.29, 1.82) is 0 Å². The largest absolute Gasteiger partial charge is 0.476 e. The van der Waals surface area contributed by atoms with Gasteiger partial charge in [0.25, 0.3) is 5.91 Å². The highest BCUT2D eigenvalue weighted by atomic mass is 35.5. The third-order valence-electron chi connectivity index (χ3n) is 2.65. The molecule has 0 fully saturated rings. The Labute approximate surface area is 100.0 Å². The summed E-state index contributed by atoms with van der Waals surface area (Å²) in [7, 11) is 0. The van der Waals surface area contributed by atoms with Crippen LogP contribution in [0.15, 0.2) is 18.2 Å². The quantitative estimate of drug-likeness (QED) is 0.754. The zero-order chi connectivity index (χ0) is 11.9. The molecule has 0 atom stereocenters. The number of anilines is 1. The molecule has 86 valence electrons. The number of halogens is 1. The van der Waals surface area contributed by atoms with Gasteiger partial charge in [-0.2, -0.15) is 0 Å². The molecule has 0 saturated carbocycles. The summed E-state index contributed by atoms with van der Waals surface area (Å²) in [4.78, 5) is 13.8. The number of nitrogens with zero attached hydrogens (tertiary/aromatic N) is 1. The fourth-order valence-corrected chi connectivity index (χ4v) is 2.02. The van der Waals surface area contributed by atoms with Gasteiger partial charge in [0, 0.05) is 11.6 Å². The predicted molar refractivity (Wildman–Crippen MR) is 64.2 cm³/mol. The van der Waals surface area contributed by atoms with Gasteiger partial charge >= 0.3 is 0 Å². The third kappa shape index (κ3) is 1.65. The van der Waals surface area contributed by atoms with Crippen LogP contribution in [0.4, 0.5) is 5.69 Å². The van der Waals surface area contributed by atoms with E-state index in [0.29, 0.717) is 17.3 Å². The number of rotatable bonds is 1. The van der Waals surface area contributed by atoms with Crippen LogP contribution in [0.1, 0.15) is 20.8 Å². The van der Waals surface area contributed by atoms with E-state index in [1.807, 2.05) is 6.92 Å². The maximum atomic E-state index is 12.1. The number of carbonyl (C=O) groups is 1. The van der Waals surface area contributed by atoms with Gasteiger partial charge in [0.15, 0.2) is 5.60 Å². The van der Waals surface area contributed by atoms with Crippen LogP contribution >= 0.6 is 11.6 Å². The second kappa shape index (κ2) is 3.67. The normalized spacial score (nSPS) is 18.0. The van der Waals surface area contributed by atoms with Crippen LogP contribution in [0.3, 0.4) is 0 Å². The summed E-state index contributed by atoms with van der Waals surface area (Å²) >= 11 is 5.92. The zero-order valence-electron chi connectivity index (χ0n) is 9.58. The van der Waals surface area contributed by atoms with Gasteiger partial charge in [-0.15, -0.1) is 0 Å². The Bertz CT molecular complexity index is 443. The lowest BCUT2D eigenvalue weighted by Crippen LogP contribution is -2.52. The molecule has 4 heteroatoms. The van der Waals surface area contributed by atoms with Crippen molar-refractivity contribution in [3.8, 4) is 5.75 Å². The van der Waals surface area contributed by atoms with Crippen LogP contribution in [0.25, 0.3) is 0 Å². The Morgan fingerprint density at radius 3 is 2.75 bits per heavy atom. The van der Waals surface area contributed by atoms with E-state index < -0.39 is 5.60 Å². The maximum Gasteiger partial charge on any atom is 0.270 e. The van der Waals surface area contributed by atoms with Gasteiger partial charge < -0.3 is 9.64 Å². The van der Waals surface area contributed by atoms with E-state index in [0.717, 1.165) is 5.69 Å². The minimum atomic E-state index is -0.809. The molecule has 0 unspecified atom stereocenters.